The van der Waals surface area contributed by atoms with Crippen molar-refractivity contribution >= 4 is 8.32 Å². The number of benzene rings is 1. The first-order valence-corrected chi connectivity index (χ1v) is 12.8. The van der Waals surface area contributed by atoms with Gasteiger partial charge >= 0.3 is 6.08 Å². The van der Waals surface area contributed by atoms with Crippen LogP contribution >= 0.6 is 0 Å². The molecule has 1 aromatic rings. The quantitative estimate of drug-likeness (QED) is 0.474. The summed E-state index contributed by atoms with van der Waals surface area (Å²) in [5.41, 5.74) is 0.980. The van der Waals surface area contributed by atoms with E-state index >= 15 is 0 Å². The van der Waals surface area contributed by atoms with Crippen molar-refractivity contribution in [3.63, 3.8) is 0 Å². The van der Waals surface area contributed by atoms with Gasteiger partial charge in [0.1, 0.15) is 18.0 Å². The van der Waals surface area contributed by atoms with Crippen LogP contribution in [0.5, 0.6) is 0 Å². The molecule has 28 heavy (non-hydrogen) atoms. The van der Waals surface area contributed by atoms with E-state index in [0.29, 0.717) is 6.61 Å². The zero-order valence-corrected chi connectivity index (χ0v) is 17.9. The van der Waals surface area contributed by atoms with E-state index in [1.807, 2.05) is 50.0 Å². The summed E-state index contributed by atoms with van der Waals surface area (Å²) < 4.78 is 56.3. The van der Waals surface area contributed by atoms with Gasteiger partial charge in [-0.2, -0.15) is 8.78 Å². The highest BCUT2D eigenvalue weighted by molar-refractivity contribution is 6.70. The first-order valence-electron chi connectivity index (χ1n) is 9.44. The molecule has 3 rings (SSSR count). The monoisotopic (exact) mass is 414 g/mol. The van der Waals surface area contributed by atoms with Gasteiger partial charge in [0.05, 0.1) is 12.7 Å². The largest absolute Gasteiger partial charge is 0.544 e. The van der Waals surface area contributed by atoms with Gasteiger partial charge < -0.3 is 23.4 Å². The average molecular weight is 415 g/mol. The van der Waals surface area contributed by atoms with Crippen LogP contribution in [-0.2, 0) is 30.0 Å². The fraction of sp³-hybridized carbons (Fsp3) is 0.600. The molecule has 2 fully saturated rings. The van der Waals surface area contributed by atoms with E-state index in [-0.39, 0.29) is 12.2 Å². The normalized spacial score (nSPS) is 28.8. The Labute approximate surface area is 165 Å². The zero-order chi connectivity index (χ0) is 20.5. The van der Waals surface area contributed by atoms with Crippen molar-refractivity contribution in [3.8, 4) is 0 Å². The third-order valence-corrected chi connectivity index (χ3v) is 5.26. The minimum absolute atomic E-state index is 0.0911. The summed E-state index contributed by atoms with van der Waals surface area (Å²) in [7, 11) is -2.20. The number of halogens is 2. The van der Waals surface area contributed by atoms with Gasteiger partial charge in [0.2, 0.25) is 8.32 Å². The second-order valence-corrected chi connectivity index (χ2v) is 12.9. The summed E-state index contributed by atoms with van der Waals surface area (Å²) in [6, 6.07) is 9.65. The number of hydrogen-bond acceptors (Lipinski definition) is 5. The molecule has 0 amide bonds. The van der Waals surface area contributed by atoms with E-state index in [1.165, 1.54) is 0 Å². The topological polar surface area (TPSA) is 46.2 Å². The predicted molar refractivity (Wildman–Crippen MR) is 102 cm³/mol. The minimum atomic E-state index is -2.20. The fourth-order valence-electron chi connectivity index (χ4n) is 3.39. The SMILES string of the molecule is CC1(C)O[C@H]2O[C@H](CC(O[Si](C)(C)C)=C(F)F)[C@H](OCc3ccccc3)[C@H]2O1. The maximum atomic E-state index is 13.5. The first kappa shape index (κ1) is 21.4. The zero-order valence-electron chi connectivity index (χ0n) is 16.9. The minimum Gasteiger partial charge on any atom is -0.544 e. The summed E-state index contributed by atoms with van der Waals surface area (Å²) in [4.78, 5) is 0. The lowest BCUT2D eigenvalue weighted by atomic mass is 10.1. The van der Waals surface area contributed by atoms with Gasteiger partial charge in [0.25, 0.3) is 0 Å². The molecule has 4 atom stereocenters. The molecule has 1 aromatic carbocycles. The number of ether oxygens (including phenoxy) is 4. The molecular weight excluding hydrogens is 386 g/mol. The molecular formula is C20H28F2O5Si. The van der Waals surface area contributed by atoms with Crippen molar-refractivity contribution in [2.24, 2.45) is 0 Å². The lowest BCUT2D eigenvalue weighted by molar-refractivity contribution is -0.219. The second-order valence-electron chi connectivity index (χ2n) is 8.51. The Morgan fingerprint density at radius 1 is 1.11 bits per heavy atom. The summed E-state index contributed by atoms with van der Waals surface area (Å²) >= 11 is 0. The molecule has 2 saturated heterocycles. The molecule has 0 aromatic heterocycles. The lowest BCUT2D eigenvalue weighted by Gasteiger charge is -2.28. The molecule has 2 aliphatic heterocycles. The number of hydrogen-bond donors (Lipinski definition) is 0. The van der Waals surface area contributed by atoms with E-state index in [9.17, 15) is 8.78 Å². The van der Waals surface area contributed by atoms with Gasteiger partial charge in [-0.3, -0.25) is 0 Å². The van der Waals surface area contributed by atoms with Crippen LogP contribution in [-0.4, -0.2) is 38.7 Å². The average Bonchev–Trinajstić information content (AvgIpc) is 3.03. The van der Waals surface area contributed by atoms with Crippen LogP contribution in [0.25, 0.3) is 0 Å². The van der Waals surface area contributed by atoms with Gasteiger partial charge in [0, 0.05) is 6.42 Å². The molecule has 0 aliphatic carbocycles. The van der Waals surface area contributed by atoms with Crippen molar-refractivity contribution in [3.05, 3.63) is 47.7 Å². The van der Waals surface area contributed by atoms with Gasteiger partial charge in [0.15, 0.2) is 12.1 Å². The Bertz CT molecular complexity index is 700. The summed E-state index contributed by atoms with van der Waals surface area (Å²) in [6.07, 6.45) is -4.26. The third kappa shape index (κ3) is 5.39. The van der Waals surface area contributed by atoms with E-state index in [1.54, 1.807) is 13.8 Å². The van der Waals surface area contributed by atoms with Gasteiger partial charge in [-0.1, -0.05) is 30.3 Å². The molecule has 156 valence electrons. The highest BCUT2D eigenvalue weighted by atomic mass is 28.4. The lowest BCUT2D eigenvalue weighted by Crippen LogP contribution is -2.37. The molecule has 2 aliphatic rings. The van der Waals surface area contributed by atoms with Gasteiger partial charge in [-0.25, -0.2) is 0 Å². The smallest absolute Gasteiger partial charge is 0.306 e. The first-order chi connectivity index (χ1) is 13.0. The van der Waals surface area contributed by atoms with Crippen molar-refractivity contribution in [2.75, 3.05) is 0 Å². The van der Waals surface area contributed by atoms with Crippen molar-refractivity contribution in [1.29, 1.82) is 0 Å². The summed E-state index contributed by atoms with van der Waals surface area (Å²) in [6.45, 7) is 9.48. The maximum absolute atomic E-state index is 13.5. The van der Waals surface area contributed by atoms with Crippen molar-refractivity contribution in [1.82, 2.24) is 0 Å². The van der Waals surface area contributed by atoms with Crippen LogP contribution in [0.3, 0.4) is 0 Å². The number of rotatable bonds is 7. The molecule has 0 spiro atoms. The molecule has 0 bridgehead atoms. The van der Waals surface area contributed by atoms with Crippen LogP contribution in [0.1, 0.15) is 25.8 Å². The fourth-order valence-corrected chi connectivity index (χ4v) is 4.29. The molecule has 0 saturated carbocycles. The molecule has 5 nitrogen and oxygen atoms in total. The molecule has 0 unspecified atom stereocenters. The molecule has 0 radical (unpaired) electrons. The highest BCUT2D eigenvalue weighted by Crippen LogP contribution is 2.41. The standard InChI is InChI=1S/C20H28F2O5Si/c1-20(2)25-17-16(23-12-13-9-7-6-8-10-13)14(24-19(17)26-20)11-15(18(21)22)27-28(3,4)5/h6-10,14,16-17,19H,11-12H2,1-5H3/t14-,16+,17-,19-/m1/s1. The van der Waals surface area contributed by atoms with E-state index in [2.05, 4.69) is 0 Å². The van der Waals surface area contributed by atoms with Crippen LogP contribution in [0.4, 0.5) is 8.78 Å². The van der Waals surface area contributed by atoms with Gasteiger partial charge in [-0.05, 0) is 39.1 Å². The molecule has 8 heteroatoms. The summed E-state index contributed by atoms with van der Waals surface area (Å²) in [5.74, 6) is -1.15. The Hall–Kier alpha value is -1.32. The highest BCUT2D eigenvalue weighted by Gasteiger charge is 2.55. The Balaban J connectivity index is 1.75. The van der Waals surface area contributed by atoms with Crippen molar-refractivity contribution < 1.29 is 32.2 Å². The molecule has 2 heterocycles. The predicted octanol–water partition coefficient (Wildman–Crippen LogP) is 4.80. The van der Waals surface area contributed by atoms with Gasteiger partial charge in [-0.15, -0.1) is 0 Å². The summed E-state index contributed by atoms with van der Waals surface area (Å²) in [5, 5.41) is 0. The molecule has 0 N–H and O–H groups in total. The maximum Gasteiger partial charge on any atom is 0.306 e. The Morgan fingerprint density at radius 2 is 1.79 bits per heavy atom. The van der Waals surface area contributed by atoms with Crippen LogP contribution in [0, 0.1) is 0 Å². The van der Waals surface area contributed by atoms with Crippen molar-refractivity contribution in [2.45, 2.75) is 76.9 Å². The van der Waals surface area contributed by atoms with E-state index < -0.39 is 44.8 Å². The Kier molecular flexibility index (Phi) is 6.26. The number of fused-ring (bicyclic) bond motifs is 1. The van der Waals surface area contributed by atoms with Crippen LogP contribution in [0.2, 0.25) is 19.6 Å². The van der Waals surface area contributed by atoms with E-state index in [4.69, 9.17) is 23.4 Å². The van der Waals surface area contributed by atoms with E-state index in [0.717, 1.165) is 5.56 Å². The third-order valence-electron chi connectivity index (χ3n) is 4.40. The van der Waals surface area contributed by atoms with Crippen LogP contribution in [0.15, 0.2) is 42.2 Å². The Morgan fingerprint density at radius 3 is 2.39 bits per heavy atom. The van der Waals surface area contributed by atoms with Crippen LogP contribution < -0.4 is 0 Å². The second kappa shape index (κ2) is 8.20.